The fraction of sp³-hybridized carbons (Fsp3) is 0.583. The van der Waals surface area contributed by atoms with Gasteiger partial charge in [-0.2, -0.15) is 0 Å². The standard InChI is InChI=1S/C12H17ClN4O/c1-8-5-9(3-4-17(8)2)16-12-10(6-18)11(13)14-7-15-12/h6-9H,3-5H2,1-2H3,(H,14,15,16). The Kier molecular flexibility index (Phi) is 4.14. The summed E-state index contributed by atoms with van der Waals surface area (Å²) in [5.41, 5.74) is 0.339. The van der Waals surface area contributed by atoms with Crippen molar-refractivity contribution in [3.8, 4) is 0 Å². The molecule has 0 bridgehead atoms. The predicted octanol–water partition coefficient (Wildman–Crippen LogP) is 1.84. The molecule has 1 fully saturated rings. The molecule has 5 nitrogen and oxygen atoms in total. The van der Waals surface area contributed by atoms with Gasteiger partial charge in [-0.05, 0) is 26.8 Å². The number of hydrogen-bond donors (Lipinski definition) is 1. The first-order chi connectivity index (χ1) is 8.61. The Morgan fingerprint density at radius 1 is 1.56 bits per heavy atom. The Bertz CT molecular complexity index is 440. The Morgan fingerprint density at radius 3 is 3.00 bits per heavy atom. The number of carbonyl (C=O) groups is 1. The SMILES string of the molecule is CC1CC(Nc2ncnc(Cl)c2C=O)CCN1C. The number of piperidine rings is 1. The van der Waals surface area contributed by atoms with E-state index in [-0.39, 0.29) is 5.15 Å². The summed E-state index contributed by atoms with van der Waals surface area (Å²) in [6.07, 6.45) is 4.12. The molecule has 1 aromatic heterocycles. The Balaban J connectivity index is 2.10. The van der Waals surface area contributed by atoms with Crippen molar-refractivity contribution in [2.24, 2.45) is 0 Å². The van der Waals surface area contributed by atoms with Gasteiger partial charge in [0.1, 0.15) is 17.3 Å². The van der Waals surface area contributed by atoms with Crippen LogP contribution in [-0.2, 0) is 0 Å². The highest BCUT2D eigenvalue weighted by Crippen LogP contribution is 2.22. The number of halogens is 1. The molecule has 0 amide bonds. The first-order valence-corrected chi connectivity index (χ1v) is 6.42. The lowest BCUT2D eigenvalue weighted by atomic mass is 9.99. The van der Waals surface area contributed by atoms with Crippen LogP contribution in [0.2, 0.25) is 5.15 Å². The number of nitrogens with zero attached hydrogens (tertiary/aromatic N) is 3. The van der Waals surface area contributed by atoms with Crippen molar-refractivity contribution in [1.82, 2.24) is 14.9 Å². The molecule has 2 rings (SSSR count). The molecule has 2 atom stereocenters. The fourth-order valence-corrected chi connectivity index (χ4v) is 2.39. The molecule has 18 heavy (non-hydrogen) atoms. The highest BCUT2D eigenvalue weighted by molar-refractivity contribution is 6.32. The van der Waals surface area contributed by atoms with E-state index in [1.165, 1.54) is 6.33 Å². The van der Waals surface area contributed by atoms with Crippen LogP contribution in [-0.4, -0.2) is 46.8 Å². The zero-order chi connectivity index (χ0) is 13.1. The van der Waals surface area contributed by atoms with E-state index in [2.05, 4.69) is 34.2 Å². The lowest BCUT2D eigenvalue weighted by molar-refractivity contribution is 0.112. The quantitative estimate of drug-likeness (QED) is 0.670. The Hall–Kier alpha value is -1.20. The van der Waals surface area contributed by atoms with Gasteiger partial charge in [0.2, 0.25) is 0 Å². The summed E-state index contributed by atoms with van der Waals surface area (Å²) in [7, 11) is 2.12. The monoisotopic (exact) mass is 268 g/mol. The molecular formula is C12H17ClN4O. The summed E-state index contributed by atoms with van der Waals surface area (Å²) in [4.78, 5) is 21.2. The lowest BCUT2D eigenvalue weighted by Gasteiger charge is -2.35. The molecule has 0 radical (unpaired) electrons. The first kappa shape index (κ1) is 13.2. The number of carbonyl (C=O) groups excluding carboxylic acids is 1. The molecule has 1 saturated heterocycles. The van der Waals surface area contributed by atoms with Crippen LogP contribution in [0.5, 0.6) is 0 Å². The number of aldehydes is 1. The number of likely N-dealkylation sites (tertiary alicyclic amines) is 1. The van der Waals surface area contributed by atoms with Crippen LogP contribution in [0.1, 0.15) is 30.1 Å². The maximum atomic E-state index is 11.0. The van der Waals surface area contributed by atoms with Crippen LogP contribution in [0.15, 0.2) is 6.33 Å². The van der Waals surface area contributed by atoms with Crippen LogP contribution < -0.4 is 5.32 Å². The van der Waals surface area contributed by atoms with Crippen LogP contribution in [0.4, 0.5) is 5.82 Å². The highest BCUT2D eigenvalue weighted by atomic mass is 35.5. The minimum atomic E-state index is 0.198. The molecular weight excluding hydrogens is 252 g/mol. The summed E-state index contributed by atoms with van der Waals surface area (Å²) in [5.74, 6) is 0.534. The predicted molar refractivity (Wildman–Crippen MR) is 71.2 cm³/mol. The van der Waals surface area contributed by atoms with Gasteiger partial charge < -0.3 is 10.2 Å². The summed E-state index contributed by atoms with van der Waals surface area (Å²) in [6.45, 7) is 3.23. The number of hydrogen-bond acceptors (Lipinski definition) is 5. The Morgan fingerprint density at radius 2 is 2.33 bits per heavy atom. The van der Waals surface area contributed by atoms with E-state index >= 15 is 0 Å². The zero-order valence-electron chi connectivity index (χ0n) is 10.6. The minimum absolute atomic E-state index is 0.198. The minimum Gasteiger partial charge on any atom is -0.366 e. The van der Waals surface area contributed by atoms with Gasteiger partial charge in [-0.25, -0.2) is 9.97 Å². The van der Waals surface area contributed by atoms with E-state index in [1.807, 2.05) is 0 Å². The second-order valence-corrected chi connectivity index (χ2v) is 5.10. The molecule has 0 spiro atoms. The van der Waals surface area contributed by atoms with Crippen molar-refractivity contribution < 1.29 is 4.79 Å². The third kappa shape index (κ3) is 2.79. The molecule has 6 heteroatoms. The van der Waals surface area contributed by atoms with E-state index < -0.39 is 0 Å². The topological polar surface area (TPSA) is 58.1 Å². The van der Waals surface area contributed by atoms with E-state index in [0.717, 1.165) is 19.4 Å². The highest BCUT2D eigenvalue weighted by Gasteiger charge is 2.23. The molecule has 2 heterocycles. The molecule has 1 aliphatic rings. The second kappa shape index (κ2) is 5.63. The first-order valence-electron chi connectivity index (χ1n) is 6.04. The summed E-state index contributed by atoms with van der Waals surface area (Å²) < 4.78 is 0. The third-order valence-corrected chi connectivity index (χ3v) is 3.80. The summed E-state index contributed by atoms with van der Waals surface area (Å²) in [5, 5.41) is 3.50. The van der Waals surface area contributed by atoms with Gasteiger partial charge in [0, 0.05) is 18.6 Å². The van der Waals surface area contributed by atoms with Crippen molar-refractivity contribution in [3.05, 3.63) is 17.0 Å². The van der Waals surface area contributed by atoms with Gasteiger partial charge in [0.15, 0.2) is 6.29 Å². The molecule has 0 saturated carbocycles. The van der Waals surface area contributed by atoms with Gasteiger partial charge in [0.05, 0.1) is 5.56 Å². The number of nitrogens with one attached hydrogen (secondary N) is 1. The normalized spacial score (nSPS) is 24.8. The smallest absolute Gasteiger partial charge is 0.156 e. The van der Waals surface area contributed by atoms with Gasteiger partial charge in [-0.15, -0.1) is 0 Å². The van der Waals surface area contributed by atoms with Crippen LogP contribution in [0.25, 0.3) is 0 Å². The average Bonchev–Trinajstić information content (AvgIpc) is 2.34. The van der Waals surface area contributed by atoms with Crippen LogP contribution >= 0.6 is 11.6 Å². The molecule has 1 aliphatic heterocycles. The molecule has 2 unspecified atom stereocenters. The second-order valence-electron chi connectivity index (χ2n) is 4.74. The van der Waals surface area contributed by atoms with E-state index in [9.17, 15) is 4.79 Å². The average molecular weight is 269 g/mol. The lowest BCUT2D eigenvalue weighted by Crippen LogP contribution is -2.42. The van der Waals surface area contributed by atoms with E-state index in [1.54, 1.807) is 0 Å². The van der Waals surface area contributed by atoms with Crippen molar-refractivity contribution in [3.63, 3.8) is 0 Å². The van der Waals surface area contributed by atoms with E-state index in [0.29, 0.717) is 29.8 Å². The maximum Gasteiger partial charge on any atom is 0.156 e. The van der Waals surface area contributed by atoms with Crippen LogP contribution in [0.3, 0.4) is 0 Å². The molecule has 0 aromatic carbocycles. The maximum absolute atomic E-state index is 11.0. The van der Waals surface area contributed by atoms with Crippen molar-refractivity contribution in [2.45, 2.75) is 31.8 Å². The fourth-order valence-electron chi connectivity index (χ4n) is 2.21. The molecule has 1 aromatic rings. The van der Waals surface area contributed by atoms with Gasteiger partial charge >= 0.3 is 0 Å². The molecule has 0 aliphatic carbocycles. The largest absolute Gasteiger partial charge is 0.366 e. The number of rotatable bonds is 3. The van der Waals surface area contributed by atoms with Crippen molar-refractivity contribution in [1.29, 1.82) is 0 Å². The van der Waals surface area contributed by atoms with Gasteiger partial charge in [-0.3, -0.25) is 4.79 Å². The molecule has 1 N–H and O–H groups in total. The van der Waals surface area contributed by atoms with Gasteiger partial charge in [0.25, 0.3) is 0 Å². The molecule has 98 valence electrons. The van der Waals surface area contributed by atoms with Crippen molar-refractivity contribution in [2.75, 3.05) is 18.9 Å². The number of aromatic nitrogens is 2. The van der Waals surface area contributed by atoms with E-state index in [4.69, 9.17) is 11.6 Å². The third-order valence-electron chi connectivity index (χ3n) is 3.50. The van der Waals surface area contributed by atoms with Gasteiger partial charge in [-0.1, -0.05) is 11.6 Å². The Labute approximate surface area is 112 Å². The summed E-state index contributed by atoms with van der Waals surface area (Å²) >= 11 is 5.87. The summed E-state index contributed by atoms with van der Waals surface area (Å²) in [6, 6.07) is 0.842. The van der Waals surface area contributed by atoms with Crippen LogP contribution in [0, 0.1) is 0 Å². The zero-order valence-corrected chi connectivity index (χ0v) is 11.3. The number of anilines is 1. The van der Waals surface area contributed by atoms with Crippen molar-refractivity contribution >= 4 is 23.7 Å².